The van der Waals surface area contributed by atoms with Crippen LogP contribution in [0.5, 0.6) is 23.1 Å². The number of carbonyl (C=O) groups is 2. The minimum atomic E-state index is -0.620. The molecule has 184 valence electrons. The summed E-state index contributed by atoms with van der Waals surface area (Å²) in [5, 5.41) is 0. The molecule has 0 aliphatic carbocycles. The Labute approximate surface area is 209 Å². The number of amides is 2. The Hall–Kier alpha value is -4.33. The summed E-state index contributed by atoms with van der Waals surface area (Å²) in [6.45, 7) is 5.88. The minimum Gasteiger partial charge on any atom is -0.457 e. The largest absolute Gasteiger partial charge is 0.457 e. The molecule has 5 rings (SSSR count). The number of nitrogens with two attached hydrogens (primary N) is 1. The van der Waals surface area contributed by atoms with Crippen LogP contribution in [0.15, 0.2) is 79.4 Å². The molecule has 2 unspecified atom stereocenters. The molecule has 2 aliphatic rings. The first-order valence-electron chi connectivity index (χ1n) is 12.0. The van der Waals surface area contributed by atoms with E-state index < -0.39 is 5.91 Å². The van der Waals surface area contributed by atoms with Gasteiger partial charge in [0.1, 0.15) is 28.6 Å². The number of likely N-dealkylation sites (tertiary alicyclic amines) is 1. The normalized spacial score (nSPS) is 18.9. The molecule has 2 N–H and O–H groups in total. The van der Waals surface area contributed by atoms with E-state index in [-0.39, 0.29) is 23.4 Å². The van der Waals surface area contributed by atoms with Crippen LogP contribution >= 0.6 is 0 Å². The molecule has 36 heavy (non-hydrogen) atoms. The predicted octanol–water partition coefficient (Wildman–Crippen LogP) is 4.38. The lowest BCUT2D eigenvalue weighted by Gasteiger charge is -2.32. The van der Waals surface area contributed by atoms with Crippen molar-refractivity contribution in [2.45, 2.75) is 18.9 Å². The molecule has 2 atom stereocenters. The van der Waals surface area contributed by atoms with Gasteiger partial charge in [0.25, 0.3) is 5.91 Å². The van der Waals surface area contributed by atoms with Crippen molar-refractivity contribution < 1.29 is 19.1 Å². The number of hydrogen-bond acceptors (Lipinski definition) is 6. The molecule has 2 aromatic carbocycles. The Morgan fingerprint density at radius 2 is 1.64 bits per heavy atom. The summed E-state index contributed by atoms with van der Waals surface area (Å²) in [6.07, 6.45) is 3.30. The van der Waals surface area contributed by atoms with Crippen molar-refractivity contribution in [2.75, 3.05) is 24.5 Å². The number of primary amides is 1. The second-order valence-corrected chi connectivity index (χ2v) is 9.06. The summed E-state index contributed by atoms with van der Waals surface area (Å²) in [6, 6.07) is 20.1. The molecule has 1 aromatic heterocycles. The highest BCUT2D eigenvalue weighted by atomic mass is 16.5. The Kier molecular flexibility index (Phi) is 6.58. The fourth-order valence-corrected chi connectivity index (χ4v) is 4.86. The Bertz CT molecular complexity index is 1260. The number of aromatic nitrogens is 1. The van der Waals surface area contributed by atoms with Gasteiger partial charge >= 0.3 is 0 Å². The summed E-state index contributed by atoms with van der Waals surface area (Å²) in [7, 11) is 0. The number of para-hydroxylation sites is 1. The van der Waals surface area contributed by atoms with E-state index in [0.29, 0.717) is 29.8 Å². The van der Waals surface area contributed by atoms with Crippen molar-refractivity contribution in [1.29, 1.82) is 0 Å². The molecule has 2 fully saturated rings. The lowest BCUT2D eigenvalue weighted by atomic mass is 10.0. The van der Waals surface area contributed by atoms with Gasteiger partial charge in [0, 0.05) is 25.7 Å². The SMILES string of the molecule is C=CC(=O)N1CC2CCN(c3ccc(C(N)=O)c(Oc4ccc(Oc5ccccc5)cc4)n3)CC1C2. The fourth-order valence-electron chi connectivity index (χ4n) is 4.86. The van der Waals surface area contributed by atoms with E-state index in [0.717, 1.165) is 31.7 Å². The maximum Gasteiger partial charge on any atom is 0.254 e. The molecule has 2 amide bonds. The van der Waals surface area contributed by atoms with Crippen LogP contribution in [0.4, 0.5) is 5.82 Å². The van der Waals surface area contributed by atoms with E-state index in [4.69, 9.17) is 15.2 Å². The van der Waals surface area contributed by atoms with Gasteiger partial charge in [-0.3, -0.25) is 9.59 Å². The maximum atomic E-state index is 12.3. The monoisotopic (exact) mass is 484 g/mol. The number of hydrogen-bond donors (Lipinski definition) is 1. The zero-order chi connectivity index (χ0) is 25.1. The molecule has 3 heterocycles. The first-order chi connectivity index (χ1) is 17.5. The number of ether oxygens (including phenoxy) is 2. The van der Waals surface area contributed by atoms with Gasteiger partial charge in [-0.25, -0.2) is 0 Å². The number of carbonyl (C=O) groups excluding carboxylic acids is 2. The van der Waals surface area contributed by atoms with Crippen molar-refractivity contribution in [1.82, 2.24) is 9.88 Å². The number of anilines is 1. The van der Waals surface area contributed by atoms with Crippen LogP contribution in [-0.4, -0.2) is 47.4 Å². The third kappa shape index (κ3) is 5.02. The van der Waals surface area contributed by atoms with Gasteiger partial charge in [-0.15, -0.1) is 0 Å². The summed E-state index contributed by atoms with van der Waals surface area (Å²) < 4.78 is 11.8. The van der Waals surface area contributed by atoms with E-state index >= 15 is 0 Å². The van der Waals surface area contributed by atoms with Crippen LogP contribution in [0.2, 0.25) is 0 Å². The molecule has 8 heteroatoms. The van der Waals surface area contributed by atoms with Crippen LogP contribution in [0.1, 0.15) is 23.2 Å². The van der Waals surface area contributed by atoms with E-state index in [9.17, 15) is 9.59 Å². The highest BCUT2D eigenvalue weighted by Crippen LogP contribution is 2.34. The quantitative estimate of drug-likeness (QED) is 0.500. The van der Waals surface area contributed by atoms with E-state index in [1.54, 1.807) is 36.4 Å². The zero-order valence-electron chi connectivity index (χ0n) is 19.9. The fraction of sp³-hybridized carbons (Fsp3) is 0.250. The van der Waals surface area contributed by atoms with Crippen LogP contribution in [0, 0.1) is 5.92 Å². The second-order valence-electron chi connectivity index (χ2n) is 9.06. The molecule has 2 aliphatic heterocycles. The summed E-state index contributed by atoms with van der Waals surface area (Å²) >= 11 is 0. The predicted molar refractivity (Wildman–Crippen MR) is 136 cm³/mol. The molecule has 0 spiro atoms. The molecule has 0 saturated carbocycles. The summed E-state index contributed by atoms with van der Waals surface area (Å²) in [5.74, 6) is 2.51. The molecular weight excluding hydrogens is 456 g/mol. The number of fused-ring (bicyclic) bond motifs is 2. The van der Waals surface area contributed by atoms with Gasteiger partial charge in [-0.1, -0.05) is 24.8 Å². The first kappa shape index (κ1) is 23.4. The average molecular weight is 485 g/mol. The van der Waals surface area contributed by atoms with Gasteiger partial charge in [0.15, 0.2) is 0 Å². The topological polar surface area (TPSA) is 98.0 Å². The van der Waals surface area contributed by atoms with Crippen LogP contribution in [0.25, 0.3) is 0 Å². The number of nitrogens with zero attached hydrogens (tertiary/aromatic N) is 3. The molecule has 2 bridgehead atoms. The number of pyridine rings is 1. The average Bonchev–Trinajstić information content (AvgIpc) is 3.17. The Morgan fingerprint density at radius 3 is 2.33 bits per heavy atom. The Balaban J connectivity index is 1.35. The molecule has 3 aromatic rings. The third-order valence-corrected chi connectivity index (χ3v) is 6.65. The lowest BCUT2D eigenvalue weighted by molar-refractivity contribution is -0.126. The van der Waals surface area contributed by atoms with Gasteiger partial charge < -0.3 is 25.0 Å². The lowest BCUT2D eigenvalue weighted by Crippen LogP contribution is -2.44. The van der Waals surface area contributed by atoms with E-state index in [2.05, 4.69) is 16.5 Å². The highest BCUT2D eigenvalue weighted by molar-refractivity contribution is 5.95. The zero-order valence-corrected chi connectivity index (χ0v) is 19.9. The second kappa shape index (κ2) is 10.1. The number of rotatable bonds is 7. The van der Waals surface area contributed by atoms with Crippen molar-refractivity contribution in [3.63, 3.8) is 0 Å². The summed E-state index contributed by atoms with van der Waals surface area (Å²) in [4.78, 5) is 33.1. The van der Waals surface area contributed by atoms with Crippen molar-refractivity contribution in [3.8, 4) is 23.1 Å². The van der Waals surface area contributed by atoms with Crippen molar-refractivity contribution in [2.24, 2.45) is 11.7 Å². The smallest absolute Gasteiger partial charge is 0.254 e. The number of benzene rings is 2. The van der Waals surface area contributed by atoms with Gasteiger partial charge in [-0.2, -0.15) is 4.98 Å². The molecule has 2 saturated heterocycles. The minimum absolute atomic E-state index is 0.0369. The standard InChI is InChI=1S/C28H28N4O4/c1-2-26(33)32-17-19-14-15-31(18-20(32)16-19)25-13-12-24(27(29)34)28(30-25)36-23-10-8-22(9-11-23)35-21-6-4-3-5-7-21/h2-13,19-20H,1,14-18H2,(H2,29,34). The first-order valence-corrected chi connectivity index (χ1v) is 12.0. The van der Waals surface area contributed by atoms with Crippen LogP contribution in [-0.2, 0) is 4.79 Å². The third-order valence-electron chi connectivity index (χ3n) is 6.65. The van der Waals surface area contributed by atoms with Crippen molar-refractivity contribution >= 4 is 17.6 Å². The highest BCUT2D eigenvalue weighted by Gasteiger charge is 2.38. The maximum absolute atomic E-state index is 12.3. The van der Waals surface area contributed by atoms with E-state index in [1.165, 1.54) is 6.08 Å². The Morgan fingerprint density at radius 1 is 0.944 bits per heavy atom. The van der Waals surface area contributed by atoms with Gasteiger partial charge in [-0.05, 0) is 73.4 Å². The van der Waals surface area contributed by atoms with Gasteiger partial charge in [0.2, 0.25) is 11.8 Å². The van der Waals surface area contributed by atoms with Crippen LogP contribution in [0.3, 0.4) is 0 Å². The molecular formula is C28H28N4O4. The molecule has 8 nitrogen and oxygen atoms in total. The summed E-state index contributed by atoms with van der Waals surface area (Å²) in [5.41, 5.74) is 5.80. The van der Waals surface area contributed by atoms with Crippen molar-refractivity contribution in [3.05, 3.63) is 84.9 Å². The van der Waals surface area contributed by atoms with Crippen LogP contribution < -0.4 is 20.1 Å². The van der Waals surface area contributed by atoms with Gasteiger partial charge in [0.05, 0.1) is 0 Å². The van der Waals surface area contributed by atoms with E-state index in [1.807, 2.05) is 35.2 Å². The molecule has 0 radical (unpaired) electrons.